The molecule has 0 aliphatic rings. The van der Waals surface area contributed by atoms with Crippen LogP contribution in [0.5, 0.6) is 0 Å². The van der Waals surface area contributed by atoms with Gasteiger partial charge in [0.2, 0.25) is 5.25 Å². The highest BCUT2D eigenvalue weighted by Gasteiger charge is 2.39. The Morgan fingerprint density at radius 1 is 0.969 bits per heavy atom. The van der Waals surface area contributed by atoms with Crippen LogP contribution >= 0.6 is 0 Å². The number of benzene rings is 1. The predicted molar refractivity (Wildman–Crippen MR) is 134 cm³/mol. The Kier molecular flexibility index (Phi) is 16.0. The normalized spacial score (nSPS) is 14.8. The summed E-state index contributed by atoms with van der Waals surface area (Å²) in [6.07, 6.45) is 20.4. The van der Waals surface area contributed by atoms with Crippen molar-refractivity contribution in [2.75, 3.05) is 0 Å². The molecule has 2 N–H and O–H groups in total. The van der Waals surface area contributed by atoms with Gasteiger partial charge in [-0.2, -0.15) is 0 Å². The monoisotopic (exact) mass is 462 g/mol. The lowest BCUT2D eigenvalue weighted by Crippen LogP contribution is -2.41. The van der Waals surface area contributed by atoms with Crippen molar-refractivity contribution < 1.29 is 19.6 Å². The smallest absolute Gasteiger partial charge is 0.360 e. The van der Waals surface area contributed by atoms with Crippen LogP contribution in [0.15, 0.2) is 53.5 Å². The summed E-state index contributed by atoms with van der Waals surface area (Å²) in [5.74, 6) is -1.21. The van der Waals surface area contributed by atoms with Gasteiger partial charge < -0.3 is 14.8 Å². The Labute approximate surface area is 198 Å². The second kappa shape index (κ2) is 17.9. The molecule has 0 fully saturated rings. The lowest BCUT2D eigenvalue weighted by Gasteiger charge is -2.23. The Morgan fingerprint density at radius 2 is 1.56 bits per heavy atom. The lowest BCUT2D eigenvalue weighted by molar-refractivity contribution is -0.138. The summed E-state index contributed by atoms with van der Waals surface area (Å²) < 4.78 is 12.8. The van der Waals surface area contributed by atoms with Gasteiger partial charge in [-0.3, -0.25) is 0 Å². The minimum absolute atomic E-state index is 0.360. The van der Waals surface area contributed by atoms with Crippen LogP contribution in [0, 0.1) is 6.92 Å². The first-order chi connectivity index (χ1) is 15.5. The van der Waals surface area contributed by atoms with Gasteiger partial charge in [0, 0.05) is 16.7 Å². The molecule has 0 heterocycles. The average Bonchev–Trinajstić information content (AvgIpc) is 2.76. The first kappa shape index (κ1) is 28.5. The molecule has 0 amide bonds. The topological polar surface area (TPSA) is 80.6 Å². The molecule has 0 aliphatic heterocycles. The molecule has 1 aromatic carbocycles. The number of carbonyl (C=O) groups is 1. The summed E-state index contributed by atoms with van der Waals surface area (Å²) in [6.45, 7) is 4.03. The van der Waals surface area contributed by atoms with E-state index in [2.05, 4.69) is 31.2 Å². The van der Waals surface area contributed by atoms with Gasteiger partial charge in [-0.25, -0.2) is 4.79 Å². The fraction of sp³-hybridized carbons (Fsp3) is 0.593. The Hall–Kier alpha value is -1.56. The van der Waals surface area contributed by atoms with E-state index in [1.807, 2.05) is 6.07 Å². The van der Waals surface area contributed by atoms with Crippen molar-refractivity contribution in [1.82, 2.24) is 0 Å². The summed E-state index contributed by atoms with van der Waals surface area (Å²) in [6, 6.07) is 7.04. The maximum atomic E-state index is 12.8. The van der Waals surface area contributed by atoms with Crippen LogP contribution in [0.1, 0.15) is 89.5 Å². The molecule has 3 atom stereocenters. The summed E-state index contributed by atoms with van der Waals surface area (Å²) >= 11 is -1.77. The van der Waals surface area contributed by atoms with Gasteiger partial charge in [0.05, 0.1) is 0 Å². The third kappa shape index (κ3) is 11.9. The summed E-state index contributed by atoms with van der Waals surface area (Å²) in [7, 11) is 0. The van der Waals surface area contributed by atoms with E-state index in [-0.39, 0.29) is 0 Å². The van der Waals surface area contributed by atoms with Gasteiger partial charge in [0.15, 0.2) is 4.90 Å². The van der Waals surface area contributed by atoms with E-state index < -0.39 is 28.5 Å². The van der Waals surface area contributed by atoms with Crippen molar-refractivity contribution in [2.24, 2.45) is 0 Å². The average molecular weight is 463 g/mol. The molecule has 1 aromatic rings. The molecule has 0 saturated carbocycles. The molecule has 2 unspecified atom stereocenters. The van der Waals surface area contributed by atoms with Gasteiger partial charge in [-0.05, 0) is 51.5 Å². The summed E-state index contributed by atoms with van der Waals surface area (Å²) in [5, 5.41) is 18.7. The van der Waals surface area contributed by atoms with Crippen LogP contribution in [-0.4, -0.2) is 32.1 Å². The van der Waals surface area contributed by atoms with Crippen molar-refractivity contribution in [3.8, 4) is 0 Å². The number of hydrogen-bond acceptors (Lipinski definition) is 3. The van der Waals surface area contributed by atoms with E-state index >= 15 is 0 Å². The number of aliphatic hydroxyl groups excluding tert-OH is 1. The van der Waals surface area contributed by atoms with Crippen molar-refractivity contribution in [2.45, 2.75) is 107 Å². The first-order valence-corrected chi connectivity index (χ1v) is 13.4. The maximum absolute atomic E-state index is 12.8. The van der Waals surface area contributed by atoms with E-state index in [4.69, 9.17) is 0 Å². The van der Waals surface area contributed by atoms with Crippen LogP contribution < -0.4 is 0 Å². The molecule has 32 heavy (non-hydrogen) atoms. The second-order valence-electron chi connectivity index (χ2n) is 8.41. The number of aryl methyl sites for hydroxylation is 1. The van der Waals surface area contributed by atoms with Crippen LogP contribution in [0.2, 0.25) is 0 Å². The molecule has 0 aliphatic carbocycles. The molecule has 5 heteroatoms. The molecule has 180 valence electrons. The molecule has 4 nitrogen and oxygen atoms in total. The van der Waals surface area contributed by atoms with E-state index in [1.165, 1.54) is 25.7 Å². The van der Waals surface area contributed by atoms with E-state index in [1.54, 1.807) is 25.1 Å². The second-order valence-corrected chi connectivity index (χ2v) is 9.95. The standard InChI is InChI=1S/C27H42O4S/c1-3-4-5-6-7-8-9-10-11-12-13-14-15-16-17-21-24(28)26(27(29)30)32(31)25-22-19-18-20-23(25)2/h7-8,10-11,18-20,22,24,26,28H,3-6,9,12-17,21H2,1-2H3,(H,29,30)/t24?,26?,32-/m0/s1. The molecule has 0 aromatic heterocycles. The van der Waals surface area contributed by atoms with Crippen molar-refractivity contribution in [1.29, 1.82) is 0 Å². The quantitative estimate of drug-likeness (QED) is 0.144. The number of aliphatic carboxylic acids is 1. The van der Waals surface area contributed by atoms with Gasteiger partial charge in [0.25, 0.3) is 0 Å². The largest absolute Gasteiger partial charge is 0.611 e. The zero-order valence-electron chi connectivity index (χ0n) is 19.9. The zero-order chi connectivity index (χ0) is 23.6. The SMILES string of the molecule is CCCCCC=CCC=CCCCCCCCC(O)C(C(=O)O)[S@@+]([O-])c1ccccc1C. The number of carboxylic acids is 1. The number of allylic oxidation sites excluding steroid dienone is 4. The highest BCUT2D eigenvalue weighted by Crippen LogP contribution is 2.24. The first-order valence-electron chi connectivity index (χ1n) is 12.2. The third-order valence-corrected chi connectivity index (χ3v) is 7.45. The predicted octanol–water partition coefficient (Wildman–Crippen LogP) is 6.73. The third-order valence-electron chi connectivity index (χ3n) is 5.58. The van der Waals surface area contributed by atoms with E-state index in [0.717, 1.165) is 50.5 Å². The number of rotatable bonds is 18. The van der Waals surface area contributed by atoms with Crippen LogP contribution in [-0.2, 0) is 16.0 Å². The molecule has 0 spiro atoms. The maximum Gasteiger partial charge on any atom is 0.360 e. The van der Waals surface area contributed by atoms with Crippen molar-refractivity contribution in [3.63, 3.8) is 0 Å². The molecule has 0 radical (unpaired) electrons. The van der Waals surface area contributed by atoms with Gasteiger partial charge in [0.1, 0.15) is 6.10 Å². The molecule has 0 bridgehead atoms. The number of aliphatic hydroxyl groups is 1. The number of hydrogen-bond donors (Lipinski definition) is 2. The zero-order valence-corrected chi connectivity index (χ0v) is 20.7. The summed E-state index contributed by atoms with van der Waals surface area (Å²) in [5.41, 5.74) is 0.779. The van der Waals surface area contributed by atoms with Crippen molar-refractivity contribution in [3.05, 3.63) is 54.1 Å². The lowest BCUT2D eigenvalue weighted by atomic mass is 10.0. The van der Waals surface area contributed by atoms with Gasteiger partial charge >= 0.3 is 5.97 Å². The van der Waals surface area contributed by atoms with E-state index in [0.29, 0.717) is 11.3 Å². The highest BCUT2D eigenvalue weighted by atomic mass is 32.2. The molecular formula is C27H42O4S. The molecule has 0 saturated heterocycles. The summed E-state index contributed by atoms with van der Waals surface area (Å²) in [4.78, 5) is 12.1. The van der Waals surface area contributed by atoms with Crippen LogP contribution in [0.25, 0.3) is 0 Å². The highest BCUT2D eigenvalue weighted by molar-refractivity contribution is 7.92. The van der Waals surface area contributed by atoms with Crippen LogP contribution in [0.3, 0.4) is 0 Å². The Bertz CT molecular complexity index is 686. The van der Waals surface area contributed by atoms with Gasteiger partial charge in [-0.15, -0.1) is 0 Å². The minimum atomic E-state index is -1.77. The van der Waals surface area contributed by atoms with Crippen molar-refractivity contribution >= 4 is 17.1 Å². The molecular weight excluding hydrogens is 420 g/mol. The number of carboxylic acid groups (broad SMARTS) is 1. The van der Waals surface area contributed by atoms with Crippen LogP contribution in [0.4, 0.5) is 0 Å². The Balaban J connectivity index is 2.19. The fourth-order valence-electron chi connectivity index (χ4n) is 3.63. The van der Waals surface area contributed by atoms with E-state index in [9.17, 15) is 19.6 Å². The molecule has 1 rings (SSSR count). The minimum Gasteiger partial charge on any atom is -0.611 e. The Morgan fingerprint density at radius 3 is 2.19 bits per heavy atom. The fourth-order valence-corrected chi connectivity index (χ4v) is 5.11. The number of unbranched alkanes of at least 4 members (excludes halogenated alkanes) is 8. The van der Waals surface area contributed by atoms with Gasteiger partial charge in [-0.1, -0.05) is 88.0 Å².